The average Bonchev–Trinajstić information content (AvgIpc) is 2.46. The monoisotopic (exact) mass is 380 g/mol. The van der Waals surface area contributed by atoms with Gasteiger partial charge in [-0.2, -0.15) is 0 Å². The first-order valence-corrected chi connectivity index (χ1v) is 8.20. The second-order valence-corrected chi connectivity index (χ2v) is 5.42. The smallest absolute Gasteiger partial charge is 0.122 e. The van der Waals surface area contributed by atoms with Crippen LogP contribution in [0.3, 0.4) is 0 Å². The van der Waals surface area contributed by atoms with Crippen molar-refractivity contribution < 1.29 is 18.9 Å². The number of halogens is 2. The van der Waals surface area contributed by atoms with Gasteiger partial charge in [0, 0.05) is 23.2 Å². The molecule has 0 amide bonds. The summed E-state index contributed by atoms with van der Waals surface area (Å²) < 4.78 is 22.4. The lowest BCUT2D eigenvalue weighted by Gasteiger charge is -2.12. The molecule has 6 heteroatoms. The van der Waals surface area contributed by atoms with E-state index >= 15 is 0 Å². The maximum absolute atomic E-state index is 6.26. The van der Waals surface area contributed by atoms with E-state index in [1.807, 2.05) is 19.9 Å². The van der Waals surface area contributed by atoms with Crippen LogP contribution in [0.1, 0.15) is 19.4 Å². The van der Waals surface area contributed by atoms with E-state index < -0.39 is 0 Å². The Hall–Kier alpha value is -0.330. The molecule has 21 heavy (non-hydrogen) atoms. The molecule has 1 aromatic rings. The maximum Gasteiger partial charge on any atom is 0.122 e. The molecule has 120 valence electrons. The van der Waals surface area contributed by atoms with Gasteiger partial charge >= 0.3 is 0 Å². The van der Waals surface area contributed by atoms with Crippen molar-refractivity contribution in [3.8, 4) is 5.75 Å². The van der Waals surface area contributed by atoms with Gasteiger partial charge in [-0.05, 0) is 26.0 Å². The van der Waals surface area contributed by atoms with Crippen LogP contribution in [0.5, 0.6) is 5.75 Å². The summed E-state index contributed by atoms with van der Waals surface area (Å²) in [6.45, 7) is 7.92. The lowest BCUT2D eigenvalue weighted by molar-refractivity contribution is 0.0451. The molecule has 0 atom stereocenters. The van der Waals surface area contributed by atoms with Gasteiger partial charge in [-0.3, -0.25) is 0 Å². The van der Waals surface area contributed by atoms with Gasteiger partial charge in [-0.25, -0.2) is 0 Å². The number of ether oxygens (including phenoxy) is 4. The molecule has 0 fully saturated rings. The van der Waals surface area contributed by atoms with E-state index in [1.54, 1.807) is 6.07 Å². The van der Waals surface area contributed by atoms with Gasteiger partial charge in [0.1, 0.15) is 12.4 Å². The zero-order valence-corrected chi connectivity index (χ0v) is 14.8. The Morgan fingerprint density at radius 2 is 1.57 bits per heavy atom. The molecule has 0 saturated carbocycles. The van der Waals surface area contributed by atoms with Gasteiger partial charge in [0.25, 0.3) is 0 Å². The second kappa shape index (κ2) is 11.3. The Bertz CT molecular complexity index is 392. The normalized spacial score (nSPS) is 10.9. The summed E-state index contributed by atoms with van der Waals surface area (Å²) >= 11 is 9.76. The molecule has 0 spiro atoms. The van der Waals surface area contributed by atoms with Crippen molar-refractivity contribution >= 4 is 27.5 Å². The van der Waals surface area contributed by atoms with Crippen LogP contribution in [0.4, 0.5) is 0 Å². The van der Waals surface area contributed by atoms with Crippen LogP contribution in [0.2, 0.25) is 5.02 Å². The molecule has 4 nitrogen and oxygen atoms in total. The number of benzene rings is 1. The van der Waals surface area contributed by atoms with Crippen LogP contribution >= 0.6 is 27.5 Å². The SMILES string of the molecule is CCOCCOCc1c(Cl)cc(OCCOCC)cc1Br. The topological polar surface area (TPSA) is 36.9 Å². The van der Waals surface area contributed by atoms with Crippen LogP contribution in [0.15, 0.2) is 16.6 Å². The van der Waals surface area contributed by atoms with Crippen molar-refractivity contribution in [3.63, 3.8) is 0 Å². The highest BCUT2D eigenvalue weighted by atomic mass is 79.9. The Kier molecular flexibility index (Phi) is 10.0. The van der Waals surface area contributed by atoms with E-state index in [9.17, 15) is 0 Å². The van der Waals surface area contributed by atoms with E-state index in [0.717, 1.165) is 10.0 Å². The van der Waals surface area contributed by atoms with Crippen molar-refractivity contribution in [1.29, 1.82) is 0 Å². The minimum Gasteiger partial charge on any atom is -0.491 e. The first-order chi connectivity index (χ1) is 10.2. The summed E-state index contributed by atoms with van der Waals surface area (Å²) in [7, 11) is 0. The fourth-order valence-corrected chi connectivity index (χ4v) is 2.53. The lowest BCUT2D eigenvalue weighted by atomic mass is 10.2. The zero-order valence-electron chi connectivity index (χ0n) is 12.5. The van der Waals surface area contributed by atoms with Crippen LogP contribution < -0.4 is 4.74 Å². The minimum atomic E-state index is 0.436. The molecule has 1 aromatic carbocycles. The predicted molar refractivity (Wildman–Crippen MR) is 87.3 cm³/mol. The summed E-state index contributed by atoms with van der Waals surface area (Å²) in [6.07, 6.45) is 0. The Balaban J connectivity index is 2.46. The fourth-order valence-electron chi connectivity index (χ4n) is 1.60. The van der Waals surface area contributed by atoms with E-state index in [0.29, 0.717) is 57.0 Å². The number of rotatable bonds is 11. The number of hydrogen-bond donors (Lipinski definition) is 0. The summed E-state index contributed by atoms with van der Waals surface area (Å²) in [6, 6.07) is 3.68. The van der Waals surface area contributed by atoms with Crippen LogP contribution in [-0.4, -0.2) is 39.6 Å². The second-order valence-electron chi connectivity index (χ2n) is 4.16. The van der Waals surface area contributed by atoms with Crippen LogP contribution in [-0.2, 0) is 20.8 Å². The average molecular weight is 382 g/mol. The van der Waals surface area contributed by atoms with Gasteiger partial charge in [0.05, 0.1) is 31.5 Å². The molecule has 0 aliphatic heterocycles. The molecule has 0 heterocycles. The maximum atomic E-state index is 6.26. The third-order valence-corrected chi connectivity index (χ3v) is 3.68. The summed E-state index contributed by atoms with van der Waals surface area (Å²) in [5, 5.41) is 0.618. The zero-order chi connectivity index (χ0) is 15.5. The molecule has 0 saturated heterocycles. The van der Waals surface area contributed by atoms with E-state index in [4.69, 9.17) is 30.5 Å². The van der Waals surface area contributed by atoms with E-state index in [2.05, 4.69) is 15.9 Å². The van der Waals surface area contributed by atoms with E-state index in [-0.39, 0.29) is 0 Å². The number of hydrogen-bond acceptors (Lipinski definition) is 4. The van der Waals surface area contributed by atoms with Gasteiger partial charge in [0.2, 0.25) is 0 Å². The third kappa shape index (κ3) is 7.47. The predicted octanol–water partition coefficient (Wildman–Crippen LogP) is 4.07. The molecule has 0 aliphatic rings. The largest absolute Gasteiger partial charge is 0.491 e. The minimum absolute atomic E-state index is 0.436. The molecule has 0 aliphatic carbocycles. The molecule has 0 aromatic heterocycles. The van der Waals surface area contributed by atoms with Crippen molar-refractivity contribution in [2.75, 3.05) is 39.6 Å². The lowest BCUT2D eigenvalue weighted by Crippen LogP contribution is -2.07. The Morgan fingerprint density at radius 3 is 2.19 bits per heavy atom. The van der Waals surface area contributed by atoms with E-state index in [1.165, 1.54) is 0 Å². The van der Waals surface area contributed by atoms with Gasteiger partial charge in [0.15, 0.2) is 0 Å². The molecular formula is C15H22BrClO4. The highest BCUT2D eigenvalue weighted by Gasteiger charge is 2.09. The van der Waals surface area contributed by atoms with Crippen molar-refractivity contribution in [3.05, 3.63) is 27.2 Å². The van der Waals surface area contributed by atoms with Crippen molar-refractivity contribution in [2.24, 2.45) is 0 Å². The Labute approximate surface area is 139 Å². The highest BCUT2D eigenvalue weighted by Crippen LogP contribution is 2.31. The molecule has 0 radical (unpaired) electrons. The quantitative estimate of drug-likeness (QED) is 0.541. The summed E-state index contributed by atoms with van der Waals surface area (Å²) in [5.41, 5.74) is 0.908. The van der Waals surface area contributed by atoms with Gasteiger partial charge in [-0.15, -0.1) is 0 Å². The van der Waals surface area contributed by atoms with Crippen LogP contribution in [0, 0.1) is 0 Å². The molecular weight excluding hydrogens is 360 g/mol. The summed E-state index contributed by atoms with van der Waals surface area (Å²) in [4.78, 5) is 0. The molecule has 0 bridgehead atoms. The summed E-state index contributed by atoms with van der Waals surface area (Å²) in [5.74, 6) is 0.713. The van der Waals surface area contributed by atoms with Gasteiger partial charge in [-0.1, -0.05) is 27.5 Å². The van der Waals surface area contributed by atoms with Crippen LogP contribution in [0.25, 0.3) is 0 Å². The highest BCUT2D eigenvalue weighted by molar-refractivity contribution is 9.10. The van der Waals surface area contributed by atoms with Crippen molar-refractivity contribution in [1.82, 2.24) is 0 Å². The Morgan fingerprint density at radius 1 is 0.952 bits per heavy atom. The fraction of sp³-hybridized carbons (Fsp3) is 0.600. The van der Waals surface area contributed by atoms with Gasteiger partial charge < -0.3 is 18.9 Å². The molecule has 1 rings (SSSR count). The first kappa shape index (κ1) is 18.7. The molecule has 0 unspecified atom stereocenters. The molecule has 0 N–H and O–H groups in total. The standard InChI is InChI=1S/C15H22BrClO4/c1-3-18-5-6-20-11-13-14(16)9-12(10-15(13)17)21-8-7-19-4-2/h9-10H,3-8,11H2,1-2H3. The van der Waals surface area contributed by atoms with Crippen molar-refractivity contribution in [2.45, 2.75) is 20.5 Å². The first-order valence-electron chi connectivity index (χ1n) is 7.03. The third-order valence-electron chi connectivity index (χ3n) is 2.64.